The molecule has 24 heavy (non-hydrogen) atoms. The first-order valence-electron chi connectivity index (χ1n) is 7.97. The van der Waals surface area contributed by atoms with Crippen LogP contribution in [0.2, 0.25) is 0 Å². The van der Waals surface area contributed by atoms with E-state index in [2.05, 4.69) is 10.6 Å². The number of nitrogens with zero attached hydrogens (tertiary/aromatic N) is 1. The Kier molecular flexibility index (Phi) is 4.80. The number of hydrogen-bond donors (Lipinski definition) is 2. The van der Waals surface area contributed by atoms with Crippen molar-refractivity contribution in [3.8, 4) is 0 Å². The summed E-state index contributed by atoms with van der Waals surface area (Å²) in [6, 6.07) is 4.80. The molecular weight excluding hydrogens is 313 g/mol. The first-order chi connectivity index (χ1) is 11.5. The number of benzene rings is 1. The van der Waals surface area contributed by atoms with Crippen LogP contribution in [0.5, 0.6) is 0 Å². The number of carbonyl (C=O) groups excluding carboxylic acids is 2. The van der Waals surface area contributed by atoms with Crippen molar-refractivity contribution >= 4 is 23.1 Å². The molecular formula is C17H20FN3O3. The van der Waals surface area contributed by atoms with Gasteiger partial charge in [0.25, 0.3) is 0 Å². The highest BCUT2D eigenvalue weighted by molar-refractivity contribution is 6.18. The second kappa shape index (κ2) is 7.00. The molecule has 7 heteroatoms. The fourth-order valence-corrected chi connectivity index (χ4v) is 2.88. The minimum Gasteiger partial charge on any atom is -0.453 e. The molecule has 6 nitrogen and oxygen atoms in total. The number of cyclic esters (lactones) is 1. The lowest BCUT2D eigenvalue weighted by Gasteiger charge is -2.29. The summed E-state index contributed by atoms with van der Waals surface area (Å²) in [5.74, 6) is -1.05. The zero-order valence-corrected chi connectivity index (χ0v) is 13.5. The second-order valence-corrected chi connectivity index (χ2v) is 5.86. The molecule has 0 aliphatic carbocycles. The summed E-state index contributed by atoms with van der Waals surface area (Å²) in [7, 11) is 0. The number of halogens is 1. The van der Waals surface area contributed by atoms with E-state index in [0.717, 1.165) is 26.2 Å². The topological polar surface area (TPSA) is 70.7 Å². The fraction of sp³-hybridized carbons (Fsp3) is 0.412. The Labute approximate surface area is 139 Å². The molecule has 2 aliphatic rings. The molecule has 1 atom stereocenters. The highest BCUT2D eigenvalue weighted by Gasteiger charge is 2.27. The molecule has 1 aromatic carbocycles. The van der Waals surface area contributed by atoms with Crippen LogP contribution in [0.25, 0.3) is 5.57 Å². The van der Waals surface area contributed by atoms with Crippen molar-refractivity contribution in [2.75, 3.05) is 37.6 Å². The maximum Gasteiger partial charge on any atom is 0.339 e. The predicted molar refractivity (Wildman–Crippen MR) is 88.0 cm³/mol. The smallest absolute Gasteiger partial charge is 0.339 e. The lowest BCUT2D eigenvalue weighted by molar-refractivity contribution is -0.138. The van der Waals surface area contributed by atoms with Crippen LogP contribution in [0, 0.1) is 5.82 Å². The van der Waals surface area contributed by atoms with Gasteiger partial charge in [-0.25, -0.2) is 9.18 Å². The lowest BCUT2D eigenvalue weighted by atomic mass is 10.0. The summed E-state index contributed by atoms with van der Waals surface area (Å²) in [6.07, 6.45) is 1.10. The molecule has 3 rings (SSSR count). The Morgan fingerprint density at radius 2 is 2.17 bits per heavy atom. The number of ether oxygens (including phenoxy) is 1. The zero-order chi connectivity index (χ0) is 17.1. The Morgan fingerprint density at radius 1 is 1.42 bits per heavy atom. The van der Waals surface area contributed by atoms with E-state index in [0.29, 0.717) is 16.8 Å². The van der Waals surface area contributed by atoms with Gasteiger partial charge in [0.2, 0.25) is 5.91 Å². The molecule has 0 spiro atoms. The van der Waals surface area contributed by atoms with Crippen LogP contribution in [-0.4, -0.2) is 50.7 Å². The van der Waals surface area contributed by atoms with Crippen LogP contribution in [0.1, 0.15) is 12.5 Å². The van der Waals surface area contributed by atoms with E-state index >= 15 is 0 Å². The molecule has 2 aliphatic heterocycles. The van der Waals surface area contributed by atoms with Crippen LogP contribution in [0.4, 0.5) is 10.1 Å². The normalized spacial score (nSPS) is 20.6. The largest absolute Gasteiger partial charge is 0.453 e. The van der Waals surface area contributed by atoms with Gasteiger partial charge in [0.05, 0.1) is 17.8 Å². The molecule has 0 saturated carbocycles. The molecule has 0 aromatic heterocycles. The van der Waals surface area contributed by atoms with Gasteiger partial charge in [0.15, 0.2) is 0 Å². The lowest BCUT2D eigenvalue weighted by Crippen LogP contribution is -2.43. The maximum absolute atomic E-state index is 14.5. The molecule has 2 heterocycles. The number of anilines is 1. The minimum atomic E-state index is -0.521. The van der Waals surface area contributed by atoms with Gasteiger partial charge in [0.1, 0.15) is 11.9 Å². The number of nitrogens with one attached hydrogen (secondary N) is 2. The summed E-state index contributed by atoms with van der Waals surface area (Å²) in [4.78, 5) is 24.9. The van der Waals surface area contributed by atoms with Crippen LogP contribution in [-0.2, 0) is 14.3 Å². The van der Waals surface area contributed by atoms with E-state index in [9.17, 15) is 14.0 Å². The molecule has 1 saturated heterocycles. The summed E-state index contributed by atoms with van der Waals surface area (Å²) in [5, 5.41) is 5.82. The van der Waals surface area contributed by atoms with Crippen molar-refractivity contribution in [3.63, 3.8) is 0 Å². The molecule has 1 aromatic rings. The fourth-order valence-electron chi connectivity index (χ4n) is 2.88. The van der Waals surface area contributed by atoms with Crippen molar-refractivity contribution in [3.05, 3.63) is 35.7 Å². The van der Waals surface area contributed by atoms with Gasteiger partial charge in [0, 0.05) is 33.1 Å². The first kappa shape index (κ1) is 16.4. The molecule has 1 unspecified atom stereocenters. The highest BCUT2D eigenvalue weighted by Crippen LogP contribution is 2.28. The summed E-state index contributed by atoms with van der Waals surface area (Å²) in [6.45, 7) is 4.75. The molecule has 2 N–H and O–H groups in total. The molecule has 0 radical (unpaired) electrons. The van der Waals surface area contributed by atoms with E-state index in [1.807, 2.05) is 4.90 Å². The highest BCUT2D eigenvalue weighted by atomic mass is 19.1. The average molecular weight is 333 g/mol. The van der Waals surface area contributed by atoms with E-state index in [4.69, 9.17) is 4.74 Å². The maximum atomic E-state index is 14.5. The van der Waals surface area contributed by atoms with Gasteiger partial charge in [-0.1, -0.05) is 6.07 Å². The van der Waals surface area contributed by atoms with Gasteiger partial charge < -0.3 is 20.3 Å². The van der Waals surface area contributed by atoms with Crippen LogP contribution >= 0.6 is 0 Å². The summed E-state index contributed by atoms with van der Waals surface area (Å²) >= 11 is 0. The minimum absolute atomic E-state index is 0.195. The van der Waals surface area contributed by atoms with Gasteiger partial charge in [-0.05, 0) is 23.8 Å². The molecule has 1 amide bonds. The third kappa shape index (κ3) is 3.56. The third-order valence-corrected chi connectivity index (χ3v) is 4.10. The number of piperazine rings is 1. The zero-order valence-electron chi connectivity index (χ0n) is 13.5. The van der Waals surface area contributed by atoms with E-state index < -0.39 is 12.1 Å². The molecule has 1 fully saturated rings. The van der Waals surface area contributed by atoms with Crippen LogP contribution in [0.15, 0.2) is 24.3 Å². The average Bonchev–Trinajstić information content (AvgIpc) is 2.94. The quantitative estimate of drug-likeness (QED) is 0.793. The van der Waals surface area contributed by atoms with Crippen LogP contribution in [0.3, 0.4) is 0 Å². The van der Waals surface area contributed by atoms with E-state index in [1.165, 1.54) is 13.0 Å². The Bertz CT molecular complexity index is 684. The second-order valence-electron chi connectivity index (χ2n) is 5.86. The standard InChI is InChI=1S/C17H20FN3O3/c1-11(22)20-10-13-9-14(17(23)24-13)12-2-3-16(15(18)8-12)21-6-4-19-5-7-21/h2-3,8-9,13,19H,4-7,10H2,1H3,(H,20,22). The van der Waals surface area contributed by atoms with Gasteiger partial charge in [-0.15, -0.1) is 0 Å². The van der Waals surface area contributed by atoms with E-state index in [-0.39, 0.29) is 18.3 Å². The van der Waals surface area contributed by atoms with Crippen molar-refractivity contribution in [1.82, 2.24) is 10.6 Å². The number of amides is 1. The SMILES string of the molecule is CC(=O)NCC1C=C(c2ccc(N3CCNCC3)c(F)c2)C(=O)O1. The van der Waals surface area contributed by atoms with E-state index in [1.54, 1.807) is 18.2 Å². The van der Waals surface area contributed by atoms with Crippen molar-refractivity contribution < 1.29 is 18.7 Å². The van der Waals surface area contributed by atoms with Gasteiger partial charge >= 0.3 is 5.97 Å². The number of carbonyl (C=O) groups is 2. The van der Waals surface area contributed by atoms with Crippen LogP contribution < -0.4 is 15.5 Å². The Hall–Kier alpha value is -2.41. The summed E-state index contributed by atoms with van der Waals surface area (Å²) in [5.41, 5.74) is 1.36. The number of hydrogen-bond acceptors (Lipinski definition) is 5. The monoisotopic (exact) mass is 333 g/mol. The predicted octanol–water partition coefficient (Wildman–Crippen LogP) is 0.680. The van der Waals surface area contributed by atoms with Crippen molar-refractivity contribution in [2.45, 2.75) is 13.0 Å². The first-order valence-corrected chi connectivity index (χ1v) is 7.97. The van der Waals surface area contributed by atoms with Crippen molar-refractivity contribution in [1.29, 1.82) is 0 Å². The Balaban J connectivity index is 1.76. The summed E-state index contributed by atoms with van der Waals surface area (Å²) < 4.78 is 19.6. The molecule has 128 valence electrons. The van der Waals surface area contributed by atoms with Gasteiger partial charge in [-0.3, -0.25) is 4.79 Å². The number of rotatable bonds is 4. The van der Waals surface area contributed by atoms with Crippen molar-refractivity contribution in [2.24, 2.45) is 0 Å². The third-order valence-electron chi connectivity index (χ3n) is 4.10. The Morgan fingerprint density at radius 3 is 2.83 bits per heavy atom. The van der Waals surface area contributed by atoms with Gasteiger partial charge in [-0.2, -0.15) is 0 Å². The number of esters is 1. The molecule has 0 bridgehead atoms.